The van der Waals surface area contributed by atoms with E-state index in [1.807, 2.05) is 5.51 Å². The van der Waals surface area contributed by atoms with Gasteiger partial charge in [-0.15, -0.1) is 11.3 Å². The van der Waals surface area contributed by atoms with Gasteiger partial charge in [0.15, 0.2) is 0 Å². The Bertz CT molecular complexity index is 619. The summed E-state index contributed by atoms with van der Waals surface area (Å²) < 4.78 is 1.20. The van der Waals surface area contributed by atoms with Crippen LogP contribution in [-0.2, 0) is 0 Å². The molecule has 3 nitrogen and oxygen atoms in total. The highest BCUT2D eigenvalue weighted by Gasteiger charge is 2.34. The lowest BCUT2D eigenvalue weighted by atomic mass is 9.78. The zero-order valence-electron chi connectivity index (χ0n) is 11.7. The molecule has 2 N–H and O–H groups in total. The monoisotopic (exact) mass is 287 g/mol. The van der Waals surface area contributed by atoms with Crippen LogP contribution >= 0.6 is 11.3 Å². The van der Waals surface area contributed by atoms with Gasteiger partial charge in [0.2, 0.25) is 0 Å². The van der Waals surface area contributed by atoms with Crippen molar-refractivity contribution >= 4 is 32.9 Å². The van der Waals surface area contributed by atoms with Crippen LogP contribution < -0.4 is 10.6 Å². The molecule has 20 heavy (non-hydrogen) atoms. The quantitative estimate of drug-likeness (QED) is 0.805. The van der Waals surface area contributed by atoms with Gasteiger partial charge in [0.25, 0.3) is 0 Å². The first kappa shape index (κ1) is 12.5. The van der Waals surface area contributed by atoms with Crippen LogP contribution in [-0.4, -0.2) is 17.6 Å². The second-order valence-electron chi connectivity index (χ2n) is 6.14. The molecule has 0 radical (unpaired) electrons. The fourth-order valence-corrected chi connectivity index (χ4v) is 4.81. The van der Waals surface area contributed by atoms with Crippen LogP contribution in [0.5, 0.6) is 0 Å². The summed E-state index contributed by atoms with van der Waals surface area (Å²) in [6.45, 7) is 1.15. The highest BCUT2D eigenvalue weighted by atomic mass is 32.1. The number of thiazole rings is 1. The van der Waals surface area contributed by atoms with E-state index < -0.39 is 0 Å². The predicted octanol–water partition coefficient (Wildman–Crippen LogP) is 4.04. The molecular formula is C16H21N3S. The van der Waals surface area contributed by atoms with E-state index in [2.05, 4.69) is 22.0 Å². The topological polar surface area (TPSA) is 42.1 Å². The van der Waals surface area contributed by atoms with Gasteiger partial charge in [0, 0.05) is 12.6 Å². The van der Waals surface area contributed by atoms with Crippen LogP contribution in [0.25, 0.3) is 10.2 Å². The Morgan fingerprint density at radius 1 is 1.15 bits per heavy atom. The Balaban J connectivity index is 1.75. The molecule has 2 fully saturated rings. The number of piperidine rings is 1. The smallest absolute Gasteiger partial charge is 0.106 e. The number of hydrogen-bond donors (Lipinski definition) is 1. The minimum absolute atomic E-state index is 0.705. The van der Waals surface area contributed by atoms with E-state index in [0.29, 0.717) is 6.04 Å². The second kappa shape index (κ2) is 4.92. The molecule has 2 heterocycles. The summed E-state index contributed by atoms with van der Waals surface area (Å²) in [4.78, 5) is 7.03. The third-order valence-corrected chi connectivity index (χ3v) is 5.87. The lowest BCUT2D eigenvalue weighted by Gasteiger charge is -2.45. The number of hydrogen-bond acceptors (Lipinski definition) is 4. The summed E-state index contributed by atoms with van der Waals surface area (Å²) in [5.41, 5.74) is 11.4. The van der Waals surface area contributed by atoms with E-state index >= 15 is 0 Å². The standard InChI is InChI=1S/C16H21N3S/c17-15-13(7-8-14-16(15)18-10-20-14)19-9-3-5-11-4-1-2-6-12(11)19/h7-8,10-12H,1-6,9,17H2/t11-,12-/m1/s1. The molecule has 2 aliphatic rings. The molecule has 1 saturated carbocycles. The molecule has 0 amide bonds. The number of rotatable bonds is 1. The average molecular weight is 287 g/mol. The Labute approximate surface area is 123 Å². The van der Waals surface area contributed by atoms with Crippen molar-refractivity contribution in [3.63, 3.8) is 0 Å². The Morgan fingerprint density at radius 3 is 2.95 bits per heavy atom. The van der Waals surface area contributed by atoms with Crippen LogP contribution in [0.4, 0.5) is 11.4 Å². The Hall–Kier alpha value is -1.29. The van der Waals surface area contributed by atoms with Gasteiger partial charge >= 0.3 is 0 Å². The molecule has 1 aromatic heterocycles. The first-order valence-electron chi connectivity index (χ1n) is 7.73. The fraction of sp³-hybridized carbons (Fsp3) is 0.562. The molecule has 1 saturated heterocycles. The number of nitrogens with two attached hydrogens (primary N) is 1. The molecule has 2 atom stereocenters. The van der Waals surface area contributed by atoms with E-state index in [4.69, 9.17) is 5.73 Å². The molecule has 4 heteroatoms. The van der Waals surface area contributed by atoms with Crippen molar-refractivity contribution in [2.45, 2.75) is 44.6 Å². The maximum Gasteiger partial charge on any atom is 0.106 e. The van der Waals surface area contributed by atoms with Crippen molar-refractivity contribution in [1.82, 2.24) is 4.98 Å². The summed E-state index contributed by atoms with van der Waals surface area (Å²) >= 11 is 1.67. The van der Waals surface area contributed by atoms with Gasteiger partial charge in [0.05, 0.1) is 21.6 Å². The summed E-state index contributed by atoms with van der Waals surface area (Å²) in [6.07, 6.45) is 8.22. The normalized spacial score (nSPS) is 26.7. The number of anilines is 2. The van der Waals surface area contributed by atoms with Crippen LogP contribution in [0.15, 0.2) is 17.6 Å². The molecule has 4 rings (SSSR count). The maximum atomic E-state index is 6.42. The molecule has 0 spiro atoms. The van der Waals surface area contributed by atoms with E-state index in [1.165, 1.54) is 48.9 Å². The van der Waals surface area contributed by atoms with Crippen molar-refractivity contribution in [3.05, 3.63) is 17.6 Å². The first-order valence-corrected chi connectivity index (χ1v) is 8.61. The van der Waals surface area contributed by atoms with Crippen LogP contribution in [0.2, 0.25) is 0 Å². The Morgan fingerprint density at radius 2 is 2.00 bits per heavy atom. The van der Waals surface area contributed by atoms with Crippen molar-refractivity contribution < 1.29 is 0 Å². The number of benzene rings is 1. The van der Waals surface area contributed by atoms with E-state index in [1.54, 1.807) is 11.3 Å². The van der Waals surface area contributed by atoms with Gasteiger partial charge in [-0.05, 0) is 43.7 Å². The third kappa shape index (κ3) is 1.89. The van der Waals surface area contributed by atoms with Gasteiger partial charge in [-0.3, -0.25) is 0 Å². The summed E-state index contributed by atoms with van der Waals surface area (Å²) in [5, 5.41) is 0. The molecule has 1 aliphatic carbocycles. The number of nitrogen functional groups attached to an aromatic ring is 1. The average Bonchev–Trinajstić information content (AvgIpc) is 2.97. The number of aromatic nitrogens is 1. The first-order chi connectivity index (χ1) is 9.84. The van der Waals surface area contributed by atoms with E-state index in [-0.39, 0.29) is 0 Å². The lowest BCUT2D eigenvalue weighted by Crippen LogP contribution is -2.47. The maximum absolute atomic E-state index is 6.42. The minimum atomic E-state index is 0.705. The molecular weight excluding hydrogens is 266 g/mol. The molecule has 2 aromatic rings. The predicted molar refractivity (Wildman–Crippen MR) is 86.4 cm³/mol. The van der Waals surface area contributed by atoms with Crippen molar-refractivity contribution in [1.29, 1.82) is 0 Å². The summed E-state index contributed by atoms with van der Waals surface area (Å²) in [7, 11) is 0. The van der Waals surface area contributed by atoms with Crippen molar-refractivity contribution in [3.8, 4) is 0 Å². The van der Waals surface area contributed by atoms with Crippen LogP contribution in [0.3, 0.4) is 0 Å². The van der Waals surface area contributed by atoms with Crippen LogP contribution in [0.1, 0.15) is 38.5 Å². The van der Waals surface area contributed by atoms with Gasteiger partial charge < -0.3 is 10.6 Å². The second-order valence-corrected chi connectivity index (χ2v) is 7.03. The minimum Gasteiger partial charge on any atom is -0.395 e. The SMILES string of the molecule is Nc1c(N2CCC[C@H]3CCCC[C@H]32)ccc2scnc12. The molecule has 0 bridgehead atoms. The van der Waals surface area contributed by atoms with Gasteiger partial charge in [-0.2, -0.15) is 0 Å². The molecule has 1 aliphatic heterocycles. The molecule has 0 unspecified atom stereocenters. The lowest BCUT2D eigenvalue weighted by molar-refractivity contribution is 0.244. The van der Waals surface area contributed by atoms with E-state index in [9.17, 15) is 0 Å². The molecule has 106 valence electrons. The highest BCUT2D eigenvalue weighted by Crippen LogP contribution is 2.41. The van der Waals surface area contributed by atoms with Crippen molar-refractivity contribution in [2.75, 3.05) is 17.2 Å². The number of fused-ring (bicyclic) bond motifs is 2. The van der Waals surface area contributed by atoms with Gasteiger partial charge in [-0.1, -0.05) is 12.8 Å². The van der Waals surface area contributed by atoms with Gasteiger partial charge in [-0.25, -0.2) is 4.98 Å². The largest absolute Gasteiger partial charge is 0.395 e. The molecule has 1 aromatic carbocycles. The zero-order chi connectivity index (χ0) is 13.5. The number of nitrogens with zero attached hydrogens (tertiary/aromatic N) is 2. The highest BCUT2D eigenvalue weighted by molar-refractivity contribution is 7.16. The van der Waals surface area contributed by atoms with E-state index in [0.717, 1.165) is 23.7 Å². The van der Waals surface area contributed by atoms with Gasteiger partial charge in [0.1, 0.15) is 5.52 Å². The van der Waals surface area contributed by atoms with Crippen molar-refractivity contribution in [2.24, 2.45) is 5.92 Å². The van der Waals surface area contributed by atoms with Crippen LogP contribution in [0, 0.1) is 5.92 Å². The Kier molecular flexibility index (Phi) is 3.06. The summed E-state index contributed by atoms with van der Waals surface area (Å²) in [5.74, 6) is 0.878. The summed E-state index contributed by atoms with van der Waals surface area (Å²) in [6, 6.07) is 5.11. The fourth-order valence-electron chi connectivity index (χ4n) is 4.12. The zero-order valence-corrected chi connectivity index (χ0v) is 12.5. The third-order valence-electron chi connectivity index (χ3n) is 5.07.